The van der Waals surface area contributed by atoms with Crippen LogP contribution in [0.2, 0.25) is 0 Å². The number of anilines is 1. The zero-order chi connectivity index (χ0) is 13.1. The van der Waals surface area contributed by atoms with E-state index in [4.69, 9.17) is 11.1 Å². The Hall–Kier alpha value is -1.90. The molecule has 0 bridgehead atoms. The highest BCUT2D eigenvalue weighted by atomic mass is 79.9. The first kappa shape index (κ1) is 12.6. The van der Waals surface area contributed by atoms with Gasteiger partial charge in [-0.05, 0) is 30.7 Å². The standard InChI is InChI=1S/C13H11BrN4/c1-8-6-10(7-15)13(18-16)17-12(8)9-2-4-11(14)5-3-9/h2-6H,16H2,1H3,(H,17,18). The lowest BCUT2D eigenvalue weighted by Gasteiger charge is -2.09. The fourth-order valence-corrected chi connectivity index (χ4v) is 1.97. The first-order valence-electron chi connectivity index (χ1n) is 5.30. The zero-order valence-electron chi connectivity index (χ0n) is 9.74. The topological polar surface area (TPSA) is 74.7 Å². The highest BCUT2D eigenvalue weighted by molar-refractivity contribution is 9.10. The molecule has 0 aliphatic rings. The number of aryl methyl sites for hydroxylation is 1. The highest BCUT2D eigenvalue weighted by Gasteiger charge is 2.09. The lowest BCUT2D eigenvalue weighted by molar-refractivity contribution is 1.19. The molecule has 18 heavy (non-hydrogen) atoms. The van der Waals surface area contributed by atoms with Crippen molar-refractivity contribution >= 4 is 21.7 Å². The van der Waals surface area contributed by atoms with Crippen LogP contribution in [0.15, 0.2) is 34.8 Å². The molecule has 0 spiro atoms. The van der Waals surface area contributed by atoms with Crippen LogP contribution in [-0.2, 0) is 0 Å². The predicted octanol–water partition coefficient (Wildman–Crippen LogP) is 2.98. The third kappa shape index (κ3) is 2.35. The Morgan fingerprint density at radius 3 is 2.56 bits per heavy atom. The predicted molar refractivity (Wildman–Crippen MR) is 74.6 cm³/mol. The van der Waals surface area contributed by atoms with E-state index in [-0.39, 0.29) is 0 Å². The van der Waals surface area contributed by atoms with Crippen LogP contribution in [0.5, 0.6) is 0 Å². The second kappa shape index (κ2) is 5.17. The van der Waals surface area contributed by atoms with Gasteiger partial charge in [0.25, 0.3) is 0 Å². The lowest BCUT2D eigenvalue weighted by atomic mass is 10.1. The number of nitriles is 1. The molecule has 4 nitrogen and oxygen atoms in total. The molecule has 0 saturated heterocycles. The Bertz CT molecular complexity index is 614. The van der Waals surface area contributed by atoms with Gasteiger partial charge in [0.1, 0.15) is 6.07 Å². The molecule has 3 N–H and O–H groups in total. The van der Waals surface area contributed by atoms with Crippen LogP contribution in [-0.4, -0.2) is 4.98 Å². The van der Waals surface area contributed by atoms with E-state index in [2.05, 4.69) is 32.4 Å². The number of nitrogens with two attached hydrogens (primary N) is 1. The van der Waals surface area contributed by atoms with Crippen molar-refractivity contribution < 1.29 is 0 Å². The van der Waals surface area contributed by atoms with Crippen molar-refractivity contribution in [3.05, 3.63) is 45.9 Å². The summed E-state index contributed by atoms with van der Waals surface area (Å²) in [6.07, 6.45) is 0. The van der Waals surface area contributed by atoms with E-state index >= 15 is 0 Å². The maximum atomic E-state index is 8.98. The van der Waals surface area contributed by atoms with E-state index in [0.29, 0.717) is 11.4 Å². The molecule has 0 radical (unpaired) electrons. The lowest BCUT2D eigenvalue weighted by Crippen LogP contribution is -2.11. The number of halogens is 1. The van der Waals surface area contributed by atoms with Gasteiger partial charge in [-0.15, -0.1) is 0 Å². The Morgan fingerprint density at radius 1 is 1.33 bits per heavy atom. The molecular weight excluding hydrogens is 292 g/mol. The summed E-state index contributed by atoms with van der Waals surface area (Å²) in [5, 5.41) is 8.98. The van der Waals surface area contributed by atoms with Gasteiger partial charge >= 0.3 is 0 Å². The number of aromatic nitrogens is 1. The quantitative estimate of drug-likeness (QED) is 0.660. The van der Waals surface area contributed by atoms with E-state index in [9.17, 15) is 0 Å². The van der Waals surface area contributed by atoms with Crippen molar-refractivity contribution in [2.75, 3.05) is 5.43 Å². The molecule has 0 fully saturated rings. The number of hydrogen-bond donors (Lipinski definition) is 2. The van der Waals surface area contributed by atoms with Gasteiger partial charge in [0.2, 0.25) is 0 Å². The minimum Gasteiger partial charge on any atom is -0.307 e. The minimum absolute atomic E-state index is 0.390. The summed E-state index contributed by atoms with van der Waals surface area (Å²) in [5.74, 6) is 5.77. The van der Waals surface area contributed by atoms with E-state index in [1.165, 1.54) is 0 Å². The van der Waals surface area contributed by atoms with Gasteiger partial charge in [0, 0.05) is 10.0 Å². The zero-order valence-corrected chi connectivity index (χ0v) is 11.3. The van der Waals surface area contributed by atoms with Crippen molar-refractivity contribution in [2.45, 2.75) is 6.92 Å². The maximum absolute atomic E-state index is 8.98. The first-order valence-corrected chi connectivity index (χ1v) is 6.09. The molecule has 0 aliphatic carbocycles. The van der Waals surface area contributed by atoms with E-state index in [1.54, 1.807) is 6.07 Å². The SMILES string of the molecule is Cc1cc(C#N)c(NN)nc1-c1ccc(Br)cc1. The molecule has 5 heteroatoms. The van der Waals surface area contributed by atoms with Crippen LogP contribution in [0.3, 0.4) is 0 Å². The number of nitrogens with one attached hydrogen (secondary N) is 1. The van der Waals surface area contributed by atoms with Gasteiger partial charge in [0.05, 0.1) is 11.3 Å². The molecule has 0 saturated carbocycles. The molecule has 1 aromatic heterocycles. The highest BCUT2D eigenvalue weighted by Crippen LogP contribution is 2.26. The van der Waals surface area contributed by atoms with Crippen LogP contribution in [0, 0.1) is 18.3 Å². The largest absolute Gasteiger partial charge is 0.307 e. The average molecular weight is 303 g/mol. The summed E-state index contributed by atoms with van der Waals surface area (Å²) in [6.45, 7) is 1.92. The Kier molecular flexibility index (Phi) is 3.60. The van der Waals surface area contributed by atoms with Gasteiger partial charge < -0.3 is 5.43 Å². The first-order chi connectivity index (χ1) is 8.65. The second-order valence-corrected chi connectivity index (χ2v) is 4.73. The third-order valence-corrected chi connectivity index (χ3v) is 3.12. The van der Waals surface area contributed by atoms with Crippen molar-refractivity contribution in [3.63, 3.8) is 0 Å². The van der Waals surface area contributed by atoms with E-state index in [1.807, 2.05) is 31.2 Å². The number of hydrogen-bond acceptors (Lipinski definition) is 4. The number of hydrazine groups is 1. The van der Waals surface area contributed by atoms with Crippen LogP contribution >= 0.6 is 15.9 Å². The molecule has 0 aliphatic heterocycles. The van der Waals surface area contributed by atoms with Crippen LogP contribution in [0.4, 0.5) is 5.82 Å². The van der Waals surface area contributed by atoms with Gasteiger partial charge in [-0.2, -0.15) is 5.26 Å². The molecule has 0 unspecified atom stereocenters. The van der Waals surface area contributed by atoms with Crippen molar-refractivity contribution in [2.24, 2.45) is 5.84 Å². The molecule has 90 valence electrons. The molecule has 1 heterocycles. The fourth-order valence-electron chi connectivity index (χ4n) is 1.71. The summed E-state index contributed by atoms with van der Waals surface area (Å²) in [4.78, 5) is 4.39. The minimum atomic E-state index is 0.390. The number of rotatable bonds is 2. The summed E-state index contributed by atoms with van der Waals surface area (Å²) in [5.41, 5.74) is 5.63. The summed E-state index contributed by atoms with van der Waals surface area (Å²) >= 11 is 3.39. The average Bonchev–Trinajstić information content (AvgIpc) is 2.39. The van der Waals surface area contributed by atoms with Crippen molar-refractivity contribution in [1.29, 1.82) is 5.26 Å². The number of nitrogen functional groups attached to an aromatic ring is 1. The van der Waals surface area contributed by atoms with E-state index < -0.39 is 0 Å². The van der Waals surface area contributed by atoms with Gasteiger partial charge in [-0.25, -0.2) is 10.8 Å². The van der Waals surface area contributed by atoms with Crippen molar-refractivity contribution in [3.8, 4) is 17.3 Å². The van der Waals surface area contributed by atoms with Crippen LogP contribution in [0.25, 0.3) is 11.3 Å². The Balaban J connectivity index is 2.58. The normalized spacial score (nSPS) is 9.89. The van der Waals surface area contributed by atoms with Crippen molar-refractivity contribution in [1.82, 2.24) is 4.98 Å². The van der Waals surface area contributed by atoms with Gasteiger partial charge in [0.15, 0.2) is 5.82 Å². The number of benzene rings is 1. The van der Waals surface area contributed by atoms with E-state index in [0.717, 1.165) is 21.3 Å². The molecule has 2 aromatic rings. The molecule has 0 amide bonds. The summed E-state index contributed by atoms with van der Waals surface area (Å²) in [7, 11) is 0. The van der Waals surface area contributed by atoms with Crippen LogP contribution < -0.4 is 11.3 Å². The second-order valence-electron chi connectivity index (χ2n) is 3.81. The molecule has 2 rings (SSSR count). The molecule has 1 aromatic carbocycles. The number of pyridine rings is 1. The van der Waals surface area contributed by atoms with Crippen LogP contribution in [0.1, 0.15) is 11.1 Å². The Labute approximate surface area is 114 Å². The summed E-state index contributed by atoms with van der Waals surface area (Å²) in [6, 6.07) is 11.7. The monoisotopic (exact) mass is 302 g/mol. The van der Waals surface area contributed by atoms with Gasteiger partial charge in [-0.3, -0.25) is 0 Å². The summed E-state index contributed by atoms with van der Waals surface area (Å²) < 4.78 is 1.01. The number of nitrogens with zero attached hydrogens (tertiary/aromatic N) is 2. The molecular formula is C13H11BrN4. The maximum Gasteiger partial charge on any atom is 0.158 e. The molecule has 0 atom stereocenters. The third-order valence-electron chi connectivity index (χ3n) is 2.59. The fraction of sp³-hybridized carbons (Fsp3) is 0.0769. The smallest absolute Gasteiger partial charge is 0.158 e. The Morgan fingerprint density at radius 2 is 2.00 bits per heavy atom. The van der Waals surface area contributed by atoms with Gasteiger partial charge in [-0.1, -0.05) is 28.1 Å².